The predicted molar refractivity (Wildman–Crippen MR) is 88.8 cm³/mol. The van der Waals surface area contributed by atoms with Gasteiger partial charge in [0.1, 0.15) is 0 Å². The molecule has 0 saturated heterocycles. The smallest absolute Gasteiger partial charge is 0.319 e. The van der Waals surface area contributed by atoms with E-state index >= 15 is 0 Å². The van der Waals surface area contributed by atoms with Crippen molar-refractivity contribution in [3.05, 3.63) is 27.8 Å². The summed E-state index contributed by atoms with van der Waals surface area (Å²) >= 11 is 2.20. The van der Waals surface area contributed by atoms with Gasteiger partial charge in [-0.3, -0.25) is 0 Å². The number of aliphatic hydroxyl groups is 1. The lowest BCUT2D eigenvalue weighted by Crippen LogP contribution is -2.44. The number of halogens is 1. The van der Waals surface area contributed by atoms with E-state index in [9.17, 15) is 9.90 Å². The molecule has 0 heterocycles. The van der Waals surface area contributed by atoms with Crippen LogP contribution in [-0.4, -0.2) is 23.3 Å². The first kappa shape index (κ1) is 15.6. The Morgan fingerprint density at radius 3 is 2.60 bits per heavy atom. The molecule has 1 aromatic rings. The van der Waals surface area contributed by atoms with Crippen LogP contribution < -0.4 is 10.6 Å². The van der Waals surface area contributed by atoms with Gasteiger partial charge in [-0.15, -0.1) is 0 Å². The van der Waals surface area contributed by atoms with Crippen molar-refractivity contribution in [1.29, 1.82) is 0 Å². The maximum atomic E-state index is 11.9. The average Bonchev–Trinajstić information content (AvgIpc) is 2.62. The number of hydrogen-bond donors (Lipinski definition) is 3. The van der Waals surface area contributed by atoms with E-state index in [-0.39, 0.29) is 6.03 Å². The fourth-order valence-corrected chi connectivity index (χ4v) is 3.09. The summed E-state index contributed by atoms with van der Waals surface area (Å²) in [5.41, 5.74) is 0.0288. The van der Waals surface area contributed by atoms with Crippen molar-refractivity contribution in [2.75, 3.05) is 11.9 Å². The Morgan fingerprint density at radius 2 is 1.95 bits per heavy atom. The predicted octanol–water partition coefficient (Wildman–Crippen LogP) is 3.50. The fourth-order valence-electron chi connectivity index (χ4n) is 2.55. The molecule has 0 radical (unpaired) electrons. The highest BCUT2D eigenvalue weighted by Crippen LogP contribution is 2.26. The molecule has 0 atom stereocenters. The van der Waals surface area contributed by atoms with Crippen molar-refractivity contribution in [3.63, 3.8) is 0 Å². The Kier molecular flexibility index (Phi) is 5.65. The van der Waals surface area contributed by atoms with Gasteiger partial charge in [-0.1, -0.05) is 31.7 Å². The third-order valence-electron chi connectivity index (χ3n) is 3.69. The normalized spacial score (nSPS) is 18.1. The van der Waals surface area contributed by atoms with Gasteiger partial charge in [0.25, 0.3) is 0 Å². The molecule has 2 rings (SSSR count). The van der Waals surface area contributed by atoms with Crippen LogP contribution >= 0.6 is 22.6 Å². The molecule has 1 saturated carbocycles. The Hall–Kier alpha value is -0.820. The molecule has 0 aromatic heterocycles. The average molecular weight is 388 g/mol. The van der Waals surface area contributed by atoms with Crippen molar-refractivity contribution in [2.24, 2.45) is 0 Å². The number of rotatable bonds is 3. The molecule has 20 heavy (non-hydrogen) atoms. The first-order valence-corrected chi connectivity index (χ1v) is 8.18. The maximum absolute atomic E-state index is 11.9. The number of benzene rings is 1. The summed E-state index contributed by atoms with van der Waals surface area (Å²) < 4.78 is 1.07. The largest absolute Gasteiger partial charge is 0.388 e. The van der Waals surface area contributed by atoms with Crippen LogP contribution in [0.4, 0.5) is 10.5 Å². The van der Waals surface area contributed by atoms with E-state index in [1.165, 1.54) is 12.8 Å². The zero-order valence-electron chi connectivity index (χ0n) is 11.5. The quantitative estimate of drug-likeness (QED) is 0.548. The van der Waals surface area contributed by atoms with Gasteiger partial charge < -0.3 is 15.7 Å². The van der Waals surface area contributed by atoms with Crippen LogP contribution in [0, 0.1) is 3.57 Å². The number of anilines is 1. The molecule has 4 nitrogen and oxygen atoms in total. The van der Waals surface area contributed by atoms with Crippen molar-refractivity contribution in [3.8, 4) is 0 Å². The van der Waals surface area contributed by atoms with Gasteiger partial charge >= 0.3 is 6.03 Å². The second-order valence-electron chi connectivity index (χ2n) is 5.46. The SMILES string of the molecule is O=C(NCC1(O)CCCCCC1)Nc1cccc(I)c1. The maximum Gasteiger partial charge on any atom is 0.319 e. The van der Waals surface area contributed by atoms with E-state index in [0.717, 1.165) is 34.9 Å². The third-order valence-corrected chi connectivity index (χ3v) is 4.37. The fraction of sp³-hybridized carbons (Fsp3) is 0.533. The van der Waals surface area contributed by atoms with E-state index in [0.29, 0.717) is 6.54 Å². The number of carbonyl (C=O) groups excluding carboxylic acids is 1. The number of hydrogen-bond acceptors (Lipinski definition) is 2. The summed E-state index contributed by atoms with van der Waals surface area (Å²) in [7, 11) is 0. The summed E-state index contributed by atoms with van der Waals surface area (Å²) in [5, 5.41) is 16.0. The standard InChI is InChI=1S/C15H21IN2O2/c16-12-6-5-7-13(10-12)18-14(19)17-11-15(20)8-3-1-2-4-9-15/h5-7,10,20H,1-4,8-9,11H2,(H2,17,18,19). The van der Waals surface area contributed by atoms with Gasteiger partial charge in [-0.25, -0.2) is 4.79 Å². The van der Waals surface area contributed by atoms with Crippen LogP contribution in [0.3, 0.4) is 0 Å². The minimum absolute atomic E-state index is 0.260. The highest BCUT2D eigenvalue weighted by molar-refractivity contribution is 14.1. The Labute approximate surface area is 133 Å². The van der Waals surface area contributed by atoms with Crippen LogP contribution in [0.5, 0.6) is 0 Å². The first-order chi connectivity index (χ1) is 9.57. The van der Waals surface area contributed by atoms with E-state index in [4.69, 9.17) is 0 Å². The van der Waals surface area contributed by atoms with Gasteiger partial charge in [0, 0.05) is 15.8 Å². The summed E-state index contributed by atoms with van der Waals surface area (Å²) in [5.74, 6) is 0. The molecule has 5 heteroatoms. The molecule has 0 spiro atoms. The van der Waals surface area contributed by atoms with Crippen LogP contribution in [-0.2, 0) is 0 Å². The topological polar surface area (TPSA) is 61.4 Å². The Bertz CT molecular complexity index is 457. The zero-order valence-corrected chi connectivity index (χ0v) is 13.7. The van der Waals surface area contributed by atoms with Crippen molar-refractivity contribution in [1.82, 2.24) is 5.32 Å². The van der Waals surface area contributed by atoms with Crippen molar-refractivity contribution >= 4 is 34.3 Å². The monoisotopic (exact) mass is 388 g/mol. The molecular formula is C15H21IN2O2. The number of amides is 2. The lowest BCUT2D eigenvalue weighted by Gasteiger charge is -2.26. The van der Waals surface area contributed by atoms with E-state index in [1.54, 1.807) is 0 Å². The summed E-state index contributed by atoms with van der Waals surface area (Å²) in [6.45, 7) is 0.322. The minimum atomic E-state index is -0.737. The highest BCUT2D eigenvalue weighted by Gasteiger charge is 2.28. The van der Waals surface area contributed by atoms with E-state index in [1.807, 2.05) is 24.3 Å². The molecule has 3 N–H and O–H groups in total. The van der Waals surface area contributed by atoms with Crippen LogP contribution in [0.2, 0.25) is 0 Å². The van der Waals surface area contributed by atoms with Crippen molar-refractivity contribution in [2.45, 2.75) is 44.1 Å². The number of nitrogens with one attached hydrogen (secondary N) is 2. The molecule has 1 aliphatic rings. The molecule has 1 fully saturated rings. The second kappa shape index (κ2) is 7.26. The van der Waals surface area contributed by atoms with Crippen LogP contribution in [0.25, 0.3) is 0 Å². The molecule has 0 aliphatic heterocycles. The molecule has 110 valence electrons. The zero-order chi connectivity index (χ0) is 14.4. The third kappa shape index (κ3) is 4.94. The molecule has 1 aromatic carbocycles. The summed E-state index contributed by atoms with van der Waals surface area (Å²) in [4.78, 5) is 11.9. The molecule has 1 aliphatic carbocycles. The van der Waals surface area contributed by atoms with Gasteiger partial charge in [0.2, 0.25) is 0 Å². The molecule has 2 amide bonds. The van der Waals surface area contributed by atoms with Crippen molar-refractivity contribution < 1.29 is 9.90 Å². The van der Waals surface area contributed by atoms with Gasteiger partial charge in [0.15, 0.2) is 0 Å². The molecule has 0 unspecified atom stereocenters. The Balaban J connectivity index is 1.82. The van der Waals surface area contributed by atoms with Crippen LogP contribution in [0.1, 0.15) is 38.5 Å². The molecule has 0 bridgehead atoms. The minimum Gasteiger partial charge on any atom is -0.388 e. The van der Waals surface area contributed by atoms with Gasteiger partial charge in [0.05, 0.1) is 5.60 Å². The highest BCUT2D eigenvalue weighted by atomic mass is 127. The lowest BCUT2D eigenvalue weighted by atomic mass is 9.95. The lowest BCUT2D eigenvalue weighted by molar-refractivity contribution is 0.0281. The second-order valence-corrected chi connectivity index (χ2v) is 6.70. The first-order valence-electron chi connectivity index (χ1n) is 7.10. The number of urea groups is 1. The number of carbonyl (C=O) groups is 1. The van der Waals surface area contributed by atoms with E-state index < -0.39 is 5.60 Å². The summed E-state index contributed by atoms with van der Waals surface area (Å²) in [6, 6.07) is 7.36. The van der Waals surface area contributed by atoms with Crippen LogP contribution in [0.15, 0.2) is 24.3 Å². The summed E-state index contributed by atoms with van der Waals surface area (Å²) in [6.07, 6.45) is 5.98. The Morgan fingerprint density at radius 1 is 1.25 bits per heavy atom. The van der Waals surface area contributed by atoms with Gasteiger partial charge in [-0.05, 0) is 53.6 Å². The molecular weight excluding hydrogens is 367 g/mol. The van der Waals surface area contributed by atoms with Gasteiger partial charge in [-0.2, -0.15) is 0 Å². The van der Waals surface area contributed by atoms with E-state index in [2.05, 4.69) is 33.2 Å².